The van der Waals surface area contributed by atoms with Crippen LogP contribution in [0.25, 0.3) is 51.2 Å². The fraction of sp³-hybridized carbons (Fsp3) is 0.302. The van der Waals surface area contributed by atoms with Crippen LogP contribution in [0.3, 0.4) is 0 Å². The quantitative estimate of drug-likeness (QED) is 0.0384. The van der Waals surface area contributed by atoms with Crippen LogP contribution in [0.4, 0.5) is 71.0 Å². The third-order valence-corrected chi connectivity index (χ3v) is 26.0. The lowest BCUT2D eigenvalue weighted by atomic mass is 9.94. The molecule has 12 aromatic rings. The first-order chi connectivity index (χ1) is 63.5. The molecule has 25 nitrogen and oxygen atoms in total. The Morgan fingerprint density at radius 3 is 1.22 bits per heavy atom. The van der Waals surface area contributed by atoms with E-state index in [1.807, 2.05) is 106 Å². The van der Waals surface area contributed by atoms with Crippen molar-refractivity contribution >= 4 is 91.9 Å². The summed E-state index contributed by atoms with van der Waals surface area (Å²) in [6.45, 7) is 19.8. The summed E-state index contributed by atoms with van der Waals surface area (Å²) in [4.78, 5) is 90.8. The largest absolute Gasteiger partial charge is 0.573 e. The summed E-state index contributed by atoms with van der Waals surface area (Å²) in [7, 11) is 0. The first kappa shape index (κ1) is 94.4. The maximum Gasteiger partial charge on any atom is 0.573 e. The molecule has 0 bridgehead atoms. The minimum Gasteiger partial charge on any atom is -0.406 e. The van der Waals surface area contributed by atoms with Gasteiger partial charge in [0, 0.05) is 70.8 Å². The van der Waals surface area contributed by atoms with E-state index in [2.05, 4.69) is 152 Å². The molecule has 3 saturated heterocycles. The number of anilines is 3. The second-order valence-corrected chi connectivity index (χ2v) is 36.8. The molecule has 15 rings (SSSR count). The highest BCUT2D eigenvalue weighted by Gasteiger charge is 2.43. The van der Waals surface area contributed by atoms with Crippen LogP contribution < -0.4 is 44.9 Å². The van der Waals surface area contributed by atoms with Crippen molar-refractivity contribution in [3.8, 4) is 68.5 Å². The van der Waals surface area contributed by atoms with E-state index in [1.165, 1.54) is 129 Å². The molecule has 3 N–H and O–H groups in total. The third-order valence-electron chi connectivity index (χ3n) is 22.3. The molecule has 3 fully saturated rings. The second-order valence-electron chi connectivity index (χ2n) is 33.0. The van der Waals surface area contributed by atoms with E-state index in [4.69, 9.17) is 9.98 Å². The average molecular weight is 1880 g/mol. The zero-order valence-electron chi connectivity index (χ0n) is 73.6. The first-order valence-corrected chi connectivity index (χ1v) is 45.6. The average Bonchev–Trinajstić information content (AvgIpc) is 1.52. The number of carbonyl (C=O) groups excluding carboxylic acids is 4. The Balaban J connectivity index is 0.655. The molecule has 3 aromatic heterocycles. The predicted octanol–water partition coefficient (Wildman–Crippen LogP) is 21.3. The number of halogens is 9. The number of amidine groups is 3. The molecule has 6 heterocycles. The number of thioether (sulfide) groups is 3. The van der Waals surface area contributed by atoms with Gasteiger partial charge in [0.1, 0.15) is 36.2 Å². The number of aromatic nitrogens is 9. The van der Waals surface area contributed by atoms with Gasteiger partial charge in [-0.3, -0.25) is 9.69 Å². The second kappa shape index (κ2) is 40.8. The zero-order valence-corrected chi connectivity index (χ0v) is 76.0. The maximum absolute atomic E-state index is 14.6. The van der Waals surface area contributed by atoms with Crippen molar-refractivity contribution in [1.29, 1.82) is 0 Å². The molecule has 133 heavy (non-hydrogen) atoms. The summed E-state index contributed by atoms with van der Waals surface area (Å²) in [5.41, 5.74) is 14.6. The van der Waals surface area contributed by atoms with Gasteiger partial charge in [-0.1, -0.05) is 186 Å². The summed E-state index contributed by atoms with van der Waals surface area (Å²) in [6, 6.07) is 55.2. The molecule has 0 saturated carbocycles. The summed E-state index contributed by atoms with van der Waals surface area (Å²) in [5.74, 6) is -0.0942. The summed E-state index contributed by atoms with van der Waals surface area (Å²) >= 11 is 4.23. The van der Waals surface area contributed by atoms with E-state index in [1.54, 1.807) is 23.6 Å². The predicted molar refractivity (Wildman–Crippen MR) is 499 cm³/mol. The van der Waals surface area contributed by atoms with Crippen LogP contribution in [0.15, 0.2) is 234 Å². The monoisotopic (exact) mass is 1880 g/mol. The smallest absolute Gasteiger partial charge is 0.406 e. The Morgan fingerprint density at radius 2 is 0.805 bits per heavy atom. The minimum absolute atomic E-state index is 0.000853. The highest BCUT2D eigenvalue weighted by molar-refractivity contribution is 8.16. The van der Waals surface area contributed by atoms with Crippen molar-refractivity contribution in [2.75, 3.05) is 40.9 Å². The molecule has 3 aliphatic heterocycles. The van der Waals surface area contributed by atoms with Crippen LogP contribution in [-0.2, 0) is 36.9 Å². The molecule has 690 valence electrons. The number of hydrogen-bond acceptors (Lipinski definition) is 16. The standard InChI is InChI=1S/C96H93F9N18O7S3/c1-56(2)77-37-10-59(7)48-80(77)118-47-43-76(132-91(118)112-88(125)106-44-40-62-11-19-67(20-12-62)84-109-53-119(115-84)70-25-31-73(32-26-70)128-94(97,98)99)49-65-17-38-78(57(3)4)81(50-65)122-60(8)83(133-92(122)113-89(126)107-45-41-63-13-21-68(22-14-63)85-110-54-120(116-85)71-27-33-74(34-28-71)129-95(100,101)102)52-66-18-39-79(58(5)6)82(51-66)123-87(124)61(9)131-93(123)114-90(127)108-46-42-64-15-23-69(24-16-64)86-111-55-121(117-86)72-29-35-75(36-30-72)130-96(103,104)105/h10-39,48,50-51,53-58,60-61,76,83H,40-47,49,52H2,1-9H3,(H,106,125)(H,107,126)(H,108,127). The zero-order chi connectivity index (χ0) is 94.2. The topological polar surface area (TPSA) is 271 Å². The number of amides is 7. The van der Waals surface area contributed by atoms with Crippen LogP contribution in [0.2, 0.25) is 0 Å². The highest BCUT2D eigenvalue weighted by atomic mass is 32.2. The van der Waals surface area contributed by atoms with Gasteiger partial charge in [0.05, 0.1) is 28.0 Å². The fourth-order valence-electron chi connectivity index (χ4n) is 15.6. The third kappa shape index (κ3) is 24.2. The van der Waals surface area contributed by atoms with Gasteiger partial charge in [-0.15, -0.1) is 54.8 Å². The van der Waals surface area contributed by atoms with E-state index in [0.29, 0.717) is 106 Å². The summed E-state index contributed by atoms with van der Waals surface area (Å²) < 4.78 is 132. The van der Waals surface area contributed by atoms with Crippen LogP contribution in [0, 0.1) is 6.92 Å². The number of carbonyl (C=O) groups is 4. The van der Waals surface area contributed by atoms with E-state index in [-0.39, 0.29) is 82.3 Å². The van der Waals surface area contributed by atoms with Gasteiger partial charge in [0.2, 0.25) is 5.91 Å². The minimum atomic E-state index is -4.84. The molecule has 0 radical (unpaired) electrons. The Hall–Kier alpha value is -13.3. The highest BCUT2D eigenvalue weighted by Crippen LogP contribution is 2.45. The van der Waals surface area contributed by atoms with Crippen molar-refractivity contribution < 1.29 is 72.9 Å². The Labute approximate surface area is 773 Å². The number of urea groups is 3. The van der Waals surface area contributed by atoms with Crippen molar-refractivity contribution in [3.05, 3.63) is 269 Å². The number of nitrogens with one attached hydrogen (secondary N) is 3. The van der Waals surface area contributed by atoms with Gasteiger partial charge < -0.3 is 40.0 Å². The van der Waals surface area contributed by atoms with Gasteiger partial charge in [-0.25, -0.2) is 43.4 Å². The Bertz CT molecular complexity index is 6270. The molecular formula is C96H93F9N18O7S3. The number of alkyl halides is 9. The van der Waals surface area contributed by atoms with Crippen LogP contribution in [0.5, 0.6) is 17.2 Å². The number of aryl methyl sites for hydroxylation is 1. The molecule has 7 amide bonds. The maximum atomic E-state index is 14.6. The van der Waals surface area contributed by atoms with Crippen molar-refractivity contribution in [2.45, 2.75) is 159 Å². The van der Waals surface area contributed by atoms with Gasteiger partial charge in [-0.2, -0.15) is 15.0 Å². The Morgan fingerprint density at radius 1 is 0.436 bits per heavy atom. The summed E-state index contributed by atoms with van der Waals surface area (Å²) in [6.07, 6.45) is -7.00. The SMILES string of the molecule is Cc1ccc(C(C)C)c(N2CCC(Cc3ccc(C(C)C)c(N4C(=NC(=O)NCCc5ccc(-c6ncn(-c7ccc(OC(F)(F)F)cc7)n6)cc5)SC(Cc5ccc(C(C)C)c(N6C(=O)C(C)SC6=NC(=O)NCCc6ccc(-c7ncn(-c8ccc(OC(F)(F)F)cc8)n7)cc6)c5)C4C)c3)SC2=NC(=O)NCCc2ccc(-c3ncn(-c4ccc(OC(F)(F)F)cc4)n3)cc2)c1. The molecule has 3 aliphatic rings. The van der Waals surface area contributed by atoms with Crippen LogP contribution >= 0.6 is 35.3 Å². The van der Waals surface area contributed by atoms with Gasteiger partial charge in [-0.05, 0) is 218 Å². The molecule has 37 heteroatoms. The van der Waals surface area contributed by atoms with Gasteiger partial charge in [0.25, 0.3) is 0 Å². The number of nitrogens with zero attached hydrogens (tertiary/aromatic N) is 15. The van der Waals surface area contributed by atoms with E-state index in [0.717, 1.165) is 67.9 Å². The van der Waals surface area contributed by atoms with E-state index < -0.39 is 42.4 Å². The van der Waals surface area contributed by atoms with Crippen molar-refractivity contribution in [3.63, 3.8) is 0 Å². The number of benzene rings is 9. The van der Waals surface area contributed by atoms with E-state index in [9.17, 15) is 58.7 Å². The number of rotatable bonds is 28. The van der Waals surface area contributed by atoms with Crippen LogP contribution in [-0.4, -0.2) is 151 Å². The summed E-state index contributed by atoms with van der Waals surface area (Å²) in [5, 5.41) is 23.0. The molecular weight excluding hydrogens is 1780 g/mol. The van der Waals surface area contributed by atoms with E-state index >= 15 is 0 Å². The molecule has 9 aromatic carbocycles. The van der Waals surface area contributed by atoms with Crippen molar-refractivity contribution in [2.24, 2.45) is 15.0 Å². The molecule has 4 unspecified atom stereocenters. The fourth-order valence-corrected chi connectivity index (χ4v) is 19.2. The van der Waals surface area contributed by atoms with Gasteiger partial charge >= 0.3 is 37.2 Å². The Kier molecular flexibility index (Phi) is 29.0. The molecule has 0 spiro atoms. The van der Waals surface area contributed by atoms with Crippen LogP contribution in [0.1, 0.15) is 130 Å². The number of hydrogen-bond donors (Lipinski definition) is 3. The molecule has 4 atom stereocenters. The number of aliphatic imine (C=N–C) groups is 3. The van der Waals surface area contributed by atoms with Crippen molar-refractivity contribution in [1.82, 2.24) is 60.2 Å². The lowest BCUT2D eigenvalue weighted by Crippen LogP contribution is -2.40. The normalized spacial score (nSPS) is 17.0. The number of ether oxygens (including phenoxy) is 3. The lowest BCUT2D eigenvalue weighted by Gasteiger charge is -2.36. The molecule has 0 aliphatic carbocycles. The van der Waals surface area contributed by atoms with Gasteiger partial charge in [0.15, 0.2) is 33.0 Å². The lowest BCUT2D eigenvalue weighted by molar-refractivity contribution is -0.275. The first-order valence-electron chi connectivity index (χ1n) is 43.0.